The van der Waals surface area contributed by atoms with E-state index in [-0.39, 0.29) is 24.5 Å². The maximum absolute atomic E-state index is 12.7. The first-order valence-electron chi connectivity index (χ1n) is 7.69. The molecule has 0 radical (unpaired) electrons. The third-order valence-electron chi connectivity index (χ3n) is 4.34. The van der Waals surface area contributed by atoms with Crippen molar-refractivity contribution in [1.82, 2.24) is 4.90 Å². The lowest BCUT2D eigenvalue weighted by molar-refractivity contribution is -0.135. The molecule has 3 heteroatoms. The topological polar surface area (TPSA) is 40.5 Å². The first kappa shape index (κ1) is 15.0. The van der Waals surface area contributed by atoms with Crippen molar-refractivity contribution in [3.05, 3.63) is 35.9 Å². The normalized spacial score (nSPS) is 21.0. The lowest BCUT2D eigenvalue weighted by Crippen LogP contribution is -2.42. The number of benzene rings is 1. The molecule has 1 aromatic rings. The van der Waals surface area contributed by atoms with Crippen molar-refractivity contribution in [2.24, 2.45) is 5.92 Å². The fraction of sp³-hybridized carbons (Fsp3) is 0.588. The second-order valence-electron chi connectivity index (χ2n) is 5.58. The minimum Gasteiger partial charge on any atom is -0.395 e. The fourth-order valence-electron chi connectivity index (χ4n) is 3.06. The summed E-state index contributed by atoms with van der Waals surface area (Å²) < 4.78 is 0. The highest BCUT2D eigenvalue weighted by Crippen LogP contribution is 2.48. The summed E-state index contributed by atoms with van der Waals surface area (Å²) in [5, 5.41) is 9.22. The number of hydrogen-bond acceptors (Lipinski definition) is 2. The zero-order valence-corrected chi connectivity index (χ0v) is 12.5. The summed E-state index contributed by atoms with van der Waals surface area (Å²) in [7, 11) is 0. The van der Waals surface area contributed by atoms with Gasteiger partial charge in [-0.05, 0) is 30.7 Å². The number of hydrogen-bond donors (Lipinski definition) is 1. The molecule has 2 unspecified atom stereocenters. The maximum Gasteiger partial charge on any atom is 0.226 e. The molecule has 20 heavy (non-hydrogen) atoms. The van der Waals surface area contributed by atoms with E-state index in [0.29, 0.717) is 12.5 Å². The Balaban J connectivity index is 2.03. The van der Waals surface area contributed by atoms with Crippen molar-refractivity contribution in [1.29, 1.82) is 0 Å². The Morgan fingerprint density at radius 3 is 2.50 bits per heavy atom. The summed E-state index contributed by atoms with van der Waals surface area (Å²) in [6.07, 6.45) is 2.85. The Morgan fingerprint density at radius 2 is 1.95 bits per heavy atom. The largest absolute Gasteiger partial charge is 0.395 e. The van der Waals surface area contributed by atoms with Gasteiger partial charge in [0.25, 0.3) is 0 Å². The van der Waals surface area contributed by atoms with Crippen LogP contribution in [0.25, 0.3) is 0 Å². The van der Waals surface area contributed by atoms with Gasteiger partial charge < -0.3 is 10.0 Å². The molecule has 2 atom stereocenters. The summed E-state index contributed by atoms with van der Waals surface area (Å²) >= 11 is 0. The second kappa shape index (κ2) is 6.89. The second-order valence-corrected chi connectivity index (χ2v) is 5.58. The van der Waals surface area contributed by atoms with Gasteiger partial charge in [-0.25, -0.2) is 0 Å². The van der Waals surface area contributed by atoms with Gasteiger partial charge in [0, 0.05) is 18.5 Å². The van der Waals surface area contributed by atoms with Gasteiger partial charge in [-0.3, -0.25) is 4.79 Å². The molecule has 1 fully saturated rings. The predicted octanol–water partition coefficient (Wildman–Crippen LogP) is 2.80. The molecule has 1 aromatic carbocycles. The molecular weight excluding hydrogens is 250 g/mol. The zero-order chi connectivity index (χ0) is 14.5. The third-order valence-corrected chi connectivity index (χ3v) is 4.34. The van der Waals surface area contributed by atoms with Crippen molar-refractivity contribution in [2.75, 3.05) is 13.2 Å². The SMILES string of the molecule is CCC(CC)N(CCO)C(=O)C1CC1c1ccccc1. The summed E-state index contributed by atoms with van der Waals surface area (Å²) in [4.78, 5) is 14.5. The van der Waals surface area contributed by atoms with Gasteiger partial charge in [0.15, 0.2) is 0 Å². The van der Waals surface area contributed by atoms with Crippen molar-refractivity contribution in [3.63, 3.8) is 0 Å². The molecule has 1 N–H and O–H groups in total. The molecule has 1 amide bonds. The van der Waals surface area contributed by atoms with E-state index in [0.717, 1.165) is 19.3 Å². The minimum atomic E-state index is 0.0466. The third kappa shape index (κ3) is 3.21. The van der Waals surface area contributed by atoms with Crippen molar-refractivity contribution in [3.8, 4) is 0 Å². The number of aliphatic hydroxyl groups is 1. The number of nitrogens with zero attached hydrogens (tertiary/aromatic N) is 1. The Kier molecular flexibility index (Phi) is 5.18. The summed E-state index contributed by atoms with van der Waals surface area (Å²) in [5.74, 6) is 0.713. The summed E-state index contributed by atoms with van der Waals surface area (Å²) in [5.41, 5.74) is 1.26. The number of amides is 1. The molecule has 1 aliphatic carbocycles. The highest BCUT2D eigenvalue weighted by atomic mass is 16.3. The van der Waals surface area contributed by atoms with Gasteiger partial charge >= 0.3 is 0 Å². The quantitative estimate of drug-likeness (QED) is 0.831. The molecule has 0 aliphatic heterocycles. The van der Waals surface area contributed by atoms with Crippen LogP contribution in [0.1, 0.15) is 44.6 Å². The van der Waals surface area contributed by atoms with Crippen LogP contribution in [0.4, 0.5) is 0 Å². The molecule has 2 rings (SSSR count). The van der Waals surface area contributed by atoms with E-state index in [9.17, 15) is 9.90 Å². The standard InChI is InChI=1S/C17H25NO2/c1-3-14(4-2)18(10-11-19)17(20)16-12-15(16)13-8-6-5-7-9-13/h5-9,14-16,19H,3-4,10-12H2,1-2H3. The average molecular weight is 275 g/mol. The summed E-state index contributed by atoms with van der Waals surface area (Å²) in [6.45, 7) is 4.72. The first-order valence-corrected chi connectivity index (χ1v) is 7.69. The van der Waals surface area contributed by atoms with Crippen LogP contribution < -0.4 is 0 Å². The van der Waals surface area contributed by atoms with Gasteiger partial charge in [-0.1, -0.05) is 44.2 Å². The van der Waals surface area contributed by atoms with Crippen LogP contribution in [0, 0.1) is 5.92 Å². The fourth-order valence-corrected chi connectivity index (χ4v) is 3.06. The Morgan fingerprint density at radius 1 is 1.30 bits per heavy atom. The monoisotopic (exact) mass is 275 g/mol. The van der Waals surface area contributed by atoms with Gasteiger partial charge in [-0.15, -0.1) is 0 Å². The molecule has 0 aromatic heterocycles. The van der Waals surface area contributed by atoms with Crippen LogP contribution >= 0.6 is 0 Å². The van der Waals surface area contributed by atoms with Gasteiger partial charge in [0.2, 0.25) is 5.91 Å². The molecule has 110 valence electrons. The van der Waals surface area contributed by atoms with Crippen LogP contribution in [0.2, 0.25) is 0 Å². The highest BCUT2D eigenvalue weighted by molar-refractivity contribution is 5.83. The van der Waals surface area contributed by atoms with Crippen LogP contribution in [0.5, 0.6) is 0 Å². The van der Waals surface area contributed by atoms with E-state index >= 15 is 0 Å². The van der Waals surface area contributed by atoms with Crippen LogP contribution in [0.3, 0.4) is 0 Å². The highest BCUT2D eigenvalue weighted by Gasteiger charge is 2.46. The van der Waals surface area contributed by atoms with Gasteiger partial charge in [-0.2, -0.15) is 0 Å². The minimum absolute atomic E-state index is 0.0466. The number of carbonyl (C=O) groups is 1. The molecule has 1 saturated carbocycles. The molecule has 0 saturated heterocycles. The molecule has 0 spiro atoms. The summed E-state index contributed by atoms with van der Waals surface area (Å²) in [6, 6.07) is 10.5. The Hall–Kier alpha value is -1.35. The van der Waals surface area contributed by atoms with Crippen molar-refractivity contribution >= 4 is 5.91 Å². The van der Waals surface area contributed by atoms with E-state index in [1.54, 1.807) is 0 Å². The number of aliphatic hydroxyl groups excluding tert-OH is 1. The lowest BCUT2D eigenvalue weighted by Gasteiger charge is -2.30. The van der Waals surface area contributed by atoms with E-state index in [4.69, 9.17) is 0 Å². The number of carbonyl (C=O) groups excluding carboxylic acids is 1. The Bertz CT molecular complexity index is 428. The number of rotatable bonds is 7. The van der Waals surface area contributed by atoms with Crippen LogP contribution in [0.15, 0.2) is 30.3 Å². The zero-order valence-electron chi connectivity index (χ0n) is 12.5. The lowest BCUT2D eigenvalue weighted by atomic mass is 10.1. The van der Waals surface area contributed by atoms with E-state index < -0.39 is 0 Å². The molecule has 0 heterocycles. The predicted molar refractivity (Wildman–Crippen MR) is 80.5 cm³/mol. The molecular formula is C17H25NO2. The molecule has 3 nitrogen and oxygen atoms in total. The maximum atomic E-state index is 12.7. The molecule has 1 aliphatic rings. The average Bonchev–Trinajstić information content (AvgIpc) is 3.28. The van der Waals surface area contributed by atoms with Crippen LogP contribution in [-0.4, -0.2) is 35.1 Å². The van der Waals surface area contributed by atoms with Crippen LogP contribution in [-0.2, 0) is 4.79 Å². The van der Waals surface area contributed by atoms with E-state index in [1.807, 2.05) is 23.1 Å². The molecule has 0 bridgehead atoms. The van der Waals surface area contributed by atoms with Crippen molar-refractivity contribution in [2.45, 2.75) is 45.1 Å². The van der Waals surface area contributed by atoms with E-state index in [2.05, 4.69) is 26.0 Å². The van der Waals surface area contributed by atoms with Gasteiger partial charge in [0.05, 0.1) is 6.61 Å². The smallest absolute Gasteiger partial charge is 0.226 e. The first-order chi connectivity index (χ1) is 9.72. The van der Waals surface area contributed by atoms with E-state index in [1.165, 1.54) is 5.56 Å². The Labute approximate surface area is 121 Å². The van der Waals surface area contributed by atoms with Crippen molar-refractivity contribution < 1.29 is 9.90 Å². The van der Waals surface area contributed by atoms with Gasteiger partial charge in [0.1, 0.15) is 0 Å².